The number of ketones is 2. The summed E-state index contributed by atoms with van der Waals surface area (Å²) in [5.41, 5.74) is -0.702. The first-order chi connectivity index (χ1) is 8.64. The largest absolute Gasteiger partial charge is 0.299 e. The molecule has 0 N–H and O–H groups in total. The van der Waals surface area contributed by atoms with Crippen LogP contribution in [0.2, 0.25) is 0 Å². The van der Waals surface area contributed by atoms with Gasteiger partial charge in [0.05, 0.1) is 10.7 Å². The van der Waals surface area contributed by atoms with Gasteiger partial charge in [0.1, 0.15) is 5.78 Å². The van der Waals surface area contributed by atoms with Crippen LogP contribution >= 0.6 is 11.8 Å². The molecule has 3 heteroatoms. The zero-order valence-electron chi connectivity index (χ0n) is 10.8. The summed E-state index contributed by atoms with van der Waals surface area (Å²) in [5.74, 6) is 0.261. The third-order valence-electron chi connectivity index (χ3n) is 3.90. The normalized spacial score (nSPS) is 22.4. The van der Waals surface area contributed by atoms with Crippen molar-refractivity contribution >= 4 is 23.3 Å². The summed E-state index contributed by atoms with van der Waals surface area (Å²) in [6.45, 7) is 3.88. The fourth-order valence-corrected chi connectivity index (χ4v) is 3.86. The lowest BCUT2D eigenvalue weighted by Crippen LogP contribution is -2.33. The molecule has 1 unspecified atom stereocenters. The molecule has 0 saturated heterocycles. The number of hydrogen-bond donors (Lipinski definition) is 0. The van der Waals surface area contributed by atoms with Gasteiger partial charge in [-0.1, -0.05) is 32.0 Å². The topological polar surface area (TPSA) is 34.1 Å². The highest BCUT2D eigenvalue weighted by Gasteiger charge is 2.52. The summed E-state index contributed by atoms with van der Waals surface area (Å²) >= 11 is 1.53. The summed E-state index contributed by atoms with van der Waals surface area (Å²) in [5, 5.41) is -0.195. The average Bonchev–Trinajstić information content (AvgIpc) is 2.63. The molecule has 1 aromatic rings. The van der Waals surface area contributed by atoms with Gasteiger partial charge in [0.2, 0.25) is 0 Å². The van der Waals surface area contributed by atoms with Crippen LogP contribution < -0.4 is 0 Å². The molecule has 1 aromatic carbocycles. The summed E-state index contributed by atoms with van der Waals surface area (Å²) in [4.78, 5) is 25.7. The fourth-order valence-electron chi connectivity index (χ4n) is 2.65. The van der Waals surface area contributed by atoms with Crippen LogP contribution in [0.15, 0.2) is 35.2 Å². The quantitative estimate of drug-likeness (QED) is 0.779. The second-order valence-corrected chi connectivity index (χ2v) is 5.98. The van der Waals surface area contributed by atoms with Gasteiger partial charge in [-0.15, -0.1) is 11.8 Å². The van der Waals surface area contributed by atoms with Crippen molar-refractivity contribution in [3.8, 4) is 0 Å². The highest BCUT2D eigenvalue weighted by molar-refractivity contribution is 8.00. The predicted octanol–water partition coefficient (Wildman–Crippen LogP) is 3.50. The lowest BCUT2D eigenvalue weighted by Gasteiger charge is -2.22. The van der Waals surface area contributed by atoms with Gasteiger partial charge in [0, 0.05) is 11.3 Å². The Bertz CT molecular complexity index is 449. The maximum absolute atomic E-state index is 12.5. The monoisotopic (exact) mass is 262 g/mol. The minimum absolute atomic E-state index is 0.130. The number of rotatable bonds is 4. The highest BCUT2D eigenvalue weighted by Crippen LogP contribution is 2.43. The lowest BCUT2D eigenvalue weighted by atomic mass is 9.79. The molecule has 2 nitrogen and oxygen atoms in total. The Balaban J connectivity index is 2.18. The van der Waals surface area contributed by atoms with E-state index < -0.39 is 5.41 Å². The van der Waals surface area contributed by atoms with Crippen LogP contribution in [-0.4, -0.2) is 16.8 Å². The Kier molecular flexibility index (Phi) is 3.91. The first-order valence-electron chi connectivity index (χ1n) is 6.43. The highest BCUT2D eigenvalue weighted by atomic mass is 32.2. The smallest absolute Gasteiger partial charge is 0.160 e. The van der Waals surface area contributed by atoms with E-state index in [0.717, 1.165) is 4.90 Å². The molecule has 1 atom stereocenters. The average molecular weight is 262 g/mol. The second-order valence-electron chi connectivity index (χ2n) is 4.70. The van der Waals surface area contributed by atoms with E-state index in [1.54, 1.807) is 0 Å². The Morgan fingerprint density at radius 1 is 1.17 bits per heavy atom. The van der Waals surface area contributed by atoms with Crippen LogP contribution in [0.25, 0.3) is 0 Å². The van der Waals surface area contributed by atoms with E-state index in [1.807, 2.05) is 44.2 Å². The molecular formula is C15H18O2S. The Morgan fingerprint density at radius 3 is 2.28 bits per heavy atom. The minimum Gasteiger partial charge on any atom is -0.299 e. The van der Waals surface area contributed by atoms with E-state index in [0.29, 0.717) is 19.3 Å². The maximum Gasteiger partial charge on any atom is 0.160 e. The third kappa shape index (κ3) is 2.12. The molecule has 1 aliphatic carbocycles. The summed E-state index contributed by atoms with van der Waals surface area (Å²) in [6.07, 6.45) is 1.65. The standard InChI is InChI=1S/C15H18O2S/c1-3-15(4-2)13(16)10-12(14(15)17)18-11-8-6-5-7-9-11/h5-9,12H,3-4,10H2,1-2H3. The van der Waals surface area contributed by atoms with Crippen molar-refractivity contribution in [2.75, 3.05) is 0 Å². The Labute approximate surface area is 112 Å². The molecule has 0 aliphatic heterocycles. The second kappa shape index (κ2) is 5.27. The molecule has 0 heterocycles. The molecule has 2 rings (SSSR count). The predicted molar refractivity (Wildman–Crippen MR) is 73.7 cm³/mol. The minimum atomic E-state index is -0.702. The zero-order chi connectivity index (χ0) is 13.2. The van der Waals surface area contributed by atoms with E-state index in [2.05, 4.69) is 0 Å². The first-order valence-corrected chi connectivity index (χ1v) is 7.31. The van der Waals surface area contributed by atoms with Crippen molar-refractivity contribution in [2.24, 2.45) is 5.41 Å². The molecule has 0 bridgehead atoms. The van der Waals surface area contributed by atoms with Crippen LogP contribution in [0, 0.1) is 5.41 Å². The van der Waals surface area contributed by atoms with Crippen molar-refractivity contribution in [2.45, 2.75) is 43.3 Å². The molecule has 0 spiro atoms. The number of carbonyl (C=O) groups excluding carboxylic acids is 2. The van der Waals surface area contributed by atoms with Gasteiger partial charge >= 0.3 is 0 Å². The maximum atomic E-state index is 12.5. The van der Waals surface area contributed by atoms with Crippen molar-refractivity contribution < 1.29 is 9.59 Å². The van der Waals surface area contributed by atoms with E-state index in [-0.39, 0.29) is 16.8 Å². The Hall–Kier alpha value is -1.09. The molecule has 0 amide bonds. The van der Waals surface area contributed by atoms with Crippen molar-refractivity contribution in [3.05, 3.63) is 30.3 Å². The molecule has 0 aromatic heterocycles. The number of thioether (sulfide) groups is 1. The van der Waals surface area contributed by atoms with Crippen molar-refractivity contribution in [1.82, 2.24) is 0 Å². The molecule has 18 heavy (non-hydrogen) atoms. The van der Waals surface area contributed by atoms with Gasteiger partial charge < -0.3 is 0 Å². The lowest BCUT2D eigenvalue weighted by molar-refractivity contribution is -0.135. The van der Waals surface area contributed by atoms with Gasteiger partial charge in [0.15, 0.2) is 5.78 Å². The van der Waals surface area contributed by atoms with Crippen molar-refractivity contribution in [1.29, 1.82) is 0 Å². The van der Waals surface area contributed by atoms with Gasteiger partial charge in [-0.25, -0.2) is 0 Å². The van der Waals surface area contributed by atoms with Crippen LogP contribution in [0.5, 0.6) is 0 Å². The molecular weight excluding hydrogens is 244 g/mol. The molecule has 1 fully saturated rings. The van der Waals surface area contributed by atoms with E-state index in [4.69, 9.17) is 0 Å². The van der Waals surface area contributed by atoms with Gasteiger partial charge in [-0.2, -0.15) is 0 Å². The van der Waals surface area contributed by atoms with E-state index in [1.165, 1.54) is 11.8 Å². The SMILES string of the molecule is CCC1(CC)C(=O)CC(Sc2ccccc2)C1=O. The van der Waals surface area contributed by atoms with Gasteiger partial charge in [-0.05, 0) is 25.0 Å². The van der Waals surface area contributed by atoms with Crippen LogP contribution in [0.1, 0.15) is 33.1 Å². The zero-order valence-corrected chi connectivity index (χ0v) is 11.6. The first kappa shape index (κ1) is 13.3. The van der Waals surface area contributed by atoms with Gasteiger partial charge in [-0.3, -0.25) is 9.59 Å². The van der Waals surface area contributed by atoms with E-state index in [9.17, 15) is 9.59 Å². The number of carbonyl (C=O) groups is 2. The third-order valence-corrected chi connectivity index (χ3v) is 5.11. The number of Topliss-reactive ketones (excluding diaryl/α,β-unsaturated/α-hetero) is 2. The summed E-state index contributed by atoms with van der Waals surface area (Å²) in [6, 6.07) is 9.83. The molecule has 96 valence electrons. The molecule has 0 radical (unpaired) electrons. The molecule has 1 saturated carbocycles. The van der Waals surface area contributed by atoms with Crippen molar-refractivity contribution in [3.63, 3.8) is 0 Å². The van der Waals surface area contributed by atoms with Crippen LogP contribution in [0.4, 0.5) is 0 Å². The Morgan fingerprint density at radius 2 is 1.78 bits per heavy atom. The summed E-state index contributed by atoms with van der Waals surface area (Å²) < 4.78 is 0. The summed E-state index contributed by atoms with van der Waals surface area (Å²) in [7, 11) is 0. The van der Waals surface area contributed by atoms with Crippen LogP contribution in [-0.2, 0) is 9.59 Å². The van der Waals surface area contributed by atoms with E-state index >= 15 is 0 Å². The number of hydrogen-bond acceptors (Lipinski definition) is 3. The number of benzene rings is 1. The van der Waals surface area contributed by atoms with Crippen LogP contribution in [0.3, 0.4) is 0 Å². The molecule has 1 aliphatic rings. The van der Waals surface area contributed by atoms with Gasteiger partial charge in [0.25, 0.3) is 0 Å². The fraction of sp³-hybridized carbons (Fsp3) is 0.467.